The third-order valence-electron chi connectivity index (χ3n) is 3.85. The Hall–Kier alpha value is -1.09. The highest BCUT2D eigenvalue weighted by molar-refractivity contribution is 14.0. The topological polar surface area (TPSA) is 55.8 Å². The second kappa shape index (κ2) is 10.7. The van der Waals surface area contributed by atoms with Crippen LogP contribution in [0.4, 0.5) is 5.82 Å². The van der Waals surface area contributed by atoms with Gasteiger partial charge >= 0.3 is 0 Å². The quantitative estimate of drug-likeness (QED) is 0.411. The van der Waals surface area contributed by atoms with Crippen molar-refractivity contribution in [1.82, 2.24) is 20.5 Å². The molecule has 0 aromatic carbocycles. The summed E-state index contributed by atoms with van der Waals surface area (Å²) < 4.78 is 0. The molecule has 7 heteroatoms. The van der Waals surface area contributed by atoms with Gasteiger partial charge in [-0.3, -0.25) is 0 Å². The Morgan fingerprint density at radius 2 is 2.00 bits per heavy atom. The fourth-order valence-corrected chi connectivity index (χ4v) is 2.61. The van der Waals surface area contributed by atoms with E-state index in [1.807, 2.05) is 12.3 Å². The summed E-state index contributed by atoms with van der Waals surface area (Å²) in [6.07, 6.45) is 1.87. The minimum absolute atomic E-state index is 0. The monoisotopic (exact) mass is 446 g/mol. The zero-order chi connectivity index (χ0) is 16.7. The third kappa shape index (κ3) is 6.43. The molecule has 1 aliphatic rings. The van der Waals surface area contributed by atoms with Crippen molar-refractivity contribution in [3.63, 3.8) is 0 Å². The number of aromatic nitrogens is 1. The lowest BCUT2D eigenvalue weighted by molar-refractivity contribution is 0.312. The number of anilines is 1. The van der Waals surface area contributed by atoms with E-state index in [0.29, 0.717) is 12.6 Å². The van der Waals surface area contributed by atoms with Gasteiger partial charge in [0.2, 0.25) is 0 Å². The van der Waals surface area contributed by atoms with E-state index in [0.717, 1.165) is 44.5 Å². The lowest BCUT2D eigenvalue weighted by Crippen LogP contribution is -2.45. The molecule has 0 atom stereocenters. The van der Waals surface area contributed by atoms with Crippen molar-refractivity contribution in [2.24, 2.45) is 4.99 Å². The summed E-state index contributed by atoms with van der Waals surface area (Å²) in [7, 11) is 2.17. The van der Waals surface area contributed by atoms with Gasteiger partial charge in [0.05, 0.1) is 6.54 Å². The molecule has 1 aliphatic heterocycles. The molecule has 2 N–H and O–H groups in total. The molecular formula is C17H31IN6. The van der Waals surface area contributed by atoms with Gasteiger partial charge in [-0.05, 0) is 33.9 Å². The number of guanidine groups is 1. The highest BCUT2D eigenvalue weighted by atomic mass is 127. The van der Waals surface area contributed by atoms with Crippen molar-refractivity contribution in [2.45, 2.75) is 33.4 Å². The fraction of sp³-hybridized carbons (Fsp3) is 0.647. The van der Waals surface area contributed by atoms with Gasteiger partial charge in [-0.2, -0.15) is 0 Å². The van der Waals surface area contributed by atoms with E-state index in [2.05, 4.69) is 59.3 Å². The van der Waals surface area contributed by atoms with Crippen LogP contribution >= 0.6 is 24.0 Å². The van der Waals surface area contributed by atoms with Gasteiger partial charge in [0.1, 0.15) is 5.82 Å². The van der Waals surface area contributed by atoms with E-state index in [-0.39, 0.29) is 24.0 Å². The first-order chi connectivity index (χ1) is 11.1. The van der Waals surface area contributed by atoms with Crippen LogP contribution in [-0.2, 0) is 6.54 Å². The molecular weight excluding hydrogens is 415 g/mol. The summed E-state index contributed by atoms with van der Waals surface area (Å²) in [5.41, 5.74) is 1.18. The number of pyridine rings is 1. The molecule has 2 rings (SSSR count). The second-order valence-corrected chi connectivity index (χ2v) is 6.27. The molecule has 1 aromatic heterocycles. The molecule has 0 saturated carbocycles. The summed E-state index contributed by atoms with van der Waals surface area (Å²) in [5.74, 6) is 1.93. The van der Waals surface area contributed by atoms with E-state index in [1.54, 1.807) is 0 Å². The van der Waals surface area contributed by atoms with Crippen molar-refractivity contribution >= 4 is 35.8 Å². The second-order valence-electron chi connectivity index (χ2n) is 6.27. The van der Waals surface area contributed by atoms with Gasteiger partial charge in [0.15, 0.2) is 5.96 Å². The Bertz CT molecular complexity index is 512. The number of nitrogens with zero attached hydrogens (tertiary/aromatic N) is 4. The van der Waals surface area contributed by atoms with Gasteiger partial charge in [-0.1, -0.05) is 6.07 Å². The molecule has 1 saturated heterocycles. The maximum atomic E-state index is 4.71. The number of rotatable bonds is 5. The molecule has 136 valence electrons. The first-order valence-electron chi connectivity index (χ1n) is 8.52. The Morgan fingerprint density at radius 3 is 2.62 bits per heavy atom. The van der Waals surface area contributed by atoms with Crippen molar-refractivity contribution in [3.05, 3.63) is 23.9 Å². The summed E-state index contributed by atoms with van der Waals surface area (Å²) in [6.45, 7) is 12.0. The highest BCUT2D eigenvalue weighted by Crippen LogP contribution is 2.19. The van der Waals surface area contributed by atoms with Crippen LogP contribution in [0.5, 0.6) is 0 Å². The van der Waals surface area contributed by atoms with Gasteiger partial charge in [-0.15, -0.1) is 24.0 Å². The zero-order valence-electron chi connectivity index (χ0n) is 15.2. The normalized spacial score (nSPS) is 16.0. The number of piperazine rings is 1. The predicted molar refractivity (Wildman–Crippen MR) is 112 cm³/mol. The van der Waals surface area contributed by atoms with Crippen LogP contribution in [0.3, 0.4) is 0 Å². The fourth-order valence-electron chi connectivity index (χ4n) is 2.61. The molecule has 2 heterocycles. The van der Waals surface area contributed by atoms with Crippen molar-refractivity contribution in [2.75, 3.05) is 44.7 Å². The number of halogens is 1. The SMILES string of the molecule is CCNC(=NCc1cccnc1N1CCN(C)CC1)NC(C)C.I. The van der Waals surface area contributed by atoms with Crippen LogP contribution in [0.2, 0.25) is 0 Å². The summed E-state index contributed by atoms with van der Waals surface area (Å²) in [5, 5.41) is 6.64. The maximum Gasteiger partial charge on any atom is 0.191 e. The lowest BCUT2D eigenvalue weighted by Gasteiger charge is -2.34. The van der Waals surface area contributed by atoms with E-state index >= 15 is 0 Å². The number of hydrogen-bond acceptors (Lipinski definition) is 4. The maximum absolute atomic E-state index is 4.71. The Balaban J connectivity index is 0.00000288. The number of hydrogen-bond donors (Lipinski definition) is 2. The van der Waals surface area contributed by atoms with Gasteiger partial charge < -0.3 is 20.4 Å². The smallest absolute Gasteiger partial charge is 0.191 e. The predicted octanol–water partition coefficient (Wildman–Crippen LogP) is 1.91. The van der Waals surface area contributed by atoms with Crippen LogP contribution in [0, 0.1) is 0 Å². The standard InChI is InChI=1S/C17H30N6.HI/c1-5-18-17(21-14(2)3)20-13-15-7-6-8-19-16(15)23-11-9-22(4)10-12-23;/h6-8,14H,5,9-13H2,1-4H3,(H2,18,20,21);1H. The van der Waals surface area contributed by atoms with Crippen LogP contribution in [0.15, 0.2) is 23.3 Å². The number of nitrogens with one attached hydrogen (secondary N) is 2. The van der Waals surface area contributed by atoms with Gasteiger partial charge in [0.25, 0.3) is 0 Å². The largest absolute Gasteiger partial charge is 0.357 e. The first kappa shape index (κ1) is 21.0. The summed E-state index contributed by atoms with van der Waals surface area (Å²) in [4.78, 5) is 14.0. The minimum atomic E-state index is 0. The third-order valence-corrected chi connectivity index (χ3v) is 3.85. The number of aliphatic imine (C=N–C) groups is 1. The van der Waals surface area contributed by atoms with Crippen molar-refractivity contribution in [3.8, 4) is 0 Å². The summed E-state index contributed by atoms with van der Waals surface area (Å²) in [6, 6.07) is 4.48. The molecule has 0 spiro atoms. The van der Waals surface area contributed by atoms with E-state index in [9.17, 15) is 0 Å². The first-order valence-corrected chi connectivity index (χ1v) is 8.52. The molecule has 0 bridgehead atoms. The van der Waals surface area contributed by atoms with Crippen LogP contribution in [-0.4, -0.2) is 61.7 Å². The Morgan fingerprint density at radius 1 is 1.29 bits per heavy atom. The molecule has 6 nitrogen and oxygen atoms in total. The van der Waals surface area contributed by atoms with Crippen LogP contribution in [0.1, 0.15) is 26.3 Å². The number of likely N-dealkylation sites (N-methyl/N-ethyl adjacent to an activating group) is 1. The Labute approximate surface area is 163 Å². The average molecular weight is 446 g/mol. The van der Waals surface area contributed by atoms with Crippen molar-refractivity contribution < 1.29 is 0 Å². The minimum Gasteiger partial charge on any atom is -0.357 e. The molecule has 1 fully saturated rings. The molecule has 0 unspecified atom stereocenters. The average Bonchev–Trinajstić information content (AvgIpc) is 2.53. The molecule has 1 aromatic rings. The van der Waals surface area contributed by atoms with Gasteiger partial charge in [-0.25, -0.2) is 9.98 Å². The molecule has 24 heavy (non-hydrogen) atoms. The van der Waals surface area contributed by atoms with E-state index in [4.69, 9.17) is 4.99 Å². The highest BCUT2D eigenvalue weighted by Gasteiger charge is 2.17. The lowest BCUT2D eigenvalue weighted by atomic mass is 10.2. The molecule has 0 radical (unpaired) electrons. The summed E-state index contributed by atoms with van der Waals surface area (Å²) >= 11 is 0. The molecule has 0 amide bonds. The van der Waals surface area contributed by atoms with E-state index < -0.39 is 0 Å². The van der Waals surface area contributed by atoms with Crippen LogP contribution < -0.4 is 15.5 Å². The van der Waals surface area contributed by atoms with Crippen LogP contribution in [0.25, 0.3) is 0 Å². The van der Waals surface area contributed by atoms with E-state index in [1.165, 1.54) is 5.56 Å². The Kier molecular flexibility index (Phi) is 9.35. The van der Waals surface area contributed by atoms with Crippen molar-refractivity contribution in [1.29, 1.82) is 0 Å². The molecule has 0 aliphatic carbocycles. The van der Waals surface area contributed by atoms with Gasteiger partial charge in [0, 0.05) is 50.5 Å². The zero-order valence-corrected chi connectivity index (χ0v) is 17.6.